The number of piperidine rings is 1. The smallest absolute Gasteiger partial charge is 0.257 e. The van der Waals surface area contributed by atoms with E-state index in [1.165, 1.54) is 30.2 Å². The van der Waals surface area contributed by atoms with Crippen molar-refractivity contribution in [2.45, 2.75) is 37.5 Å². The summed E-state index contributed by atoms with van der Waals surface area (Å²) in [5.74, 6) is -6.00. The van der Waals surface area contributed by atoms with Crippen LogP contribution in [0.1, 0.15) is 39.1 Å². The number of anilines is 1. The number of nitrogens with two attached hydrogens (primary N) is 1. The molecule has 2 saturated heterocycles. The predicted octanol–water partition coefficient (Wildman–Crippen LogP) is 3.48. The van der Waals surface area contributed by atoms with Gasteiger partial charge in [0, 0.05) is 62.4 Å². The number of nitrogen functional groups attached to an aromatic ring is 1. The van der Waals surface area contributed by atoms with Crippen LogP contribution in [0.2, 0.25) is 0 Å². The first kappa shape index (κ1) is 31.1. The first-order valence-corrected chi connectivity index (χ1v) is 14.4. The lowest BCUT2D eigenvalue weighted by Gasteiger charge is -2.31. The van der Waals surface area contributed by atoms with Gasteiger partial charge >= 0.3 is 0 Å². The van der Waals surface area contributed by atoms with Crippen LogP contribution in [0.5, 0.6) is 5.88 Å². The largest absolute Gasteiger partial charge is 0.480 e. The quantitative estimate of drug-likeness (QED) is 0.293. The number of pyridine rings is 1. The topological polar surface area (TPSA) is 131 Å². The van der Waals surface area contributed by atoms with E-state index in [4.69, 9.17) is 10.5 Å². The SMILES string of the molecule is COc1ncc(-c2cc(CN3CCC(F)(F)CC3)c3c(N)ncnn23)cc1C(=O)N[C@@H]1CN(C(=O)c2cc(F)cc(F)c2)C[C@@H]1F. The number of rotatable bonds is 7. The lowest BCUT2D eigenvalue weighted by molar-refractivity contribution is -0.0565. The number of benzene rings is 1. The lowest BCUT2D eigenvalue weighted by Crippen LogP contribution is -2.42. The number of hydrogen-bond acceptors (Lipinski definition) is 8. The van der Waals surface area contributed by atoms with E-state index < -0.39 is 48.1 Å². The third-order valence-electron chi connectivity index (χ3n) is 8.19. The highest BCUT2D eigenvalue weighted by Crippen LogP contribution is 2.33. The highest BCUT2D eigenvalue weighted by molar-refractivity contribution is 5.98. The van der Waals surface area contributed by atoms with Gasteiger partial charge in [-0.1, -0.05) is 0 Å². The van der Waals surface area contributed by atoms with Gasteiger partial charge in [-0.2, -0.15) is 5.10 Å². The van der Waals surface area contributed by atoms with Gasteiger partial charge in [0.1, 0.15) is 35.2 Å². The Morgan fingerprint density at radius 3 is 2.48 bits per heavy atom. The lowest BCUT2D eigenvalue weighted by atomic mass is 10.1. The maximum Gasteiger partial charge on any atom is 0.257 e. The monoisotopic (exact) mass is 644 g/mol. The zero-order valence-electron chi connectivity index (χ0n) is 24.5. The number of likely N-dealkylation sites (tertiary alicyclic amines) is 2. The summed E-state index contributed by atoms with van der Waals surface area (Å²) in [5, 5.41) is 6.89. The molecule has 0 aliphatic carbocycles. The van der Waals surface area contributed by atoms with Crippen LogP contribution in [0.4, 0.5) is 27.8 Å². The van der Waals surface area contributed by atoms with E-state index in [9.17, 15) is 27.2 Å². The maximum absolute atomic E-state index is 15.0. The molecular formula is C30H29F5N8O3. The number of fused-ring (bicyclic) bond motifs is 1. The van der Waals surface area contributed by atoms with Crippen molar-refractivity contribution in [1.82, 2.24) is 34.7 Å². The second-order valence-corrected chi connectivity index (χ2v) is 11.3. The minimum Gasteiger partial charge on any atom is -0.480 e. The van der Waals surface area contributed by atoms with Gasteiger partial charge in [-0.25, -0.2) is 36.4 Å². The molecule has 0 unspecified atom stereocenters. The number of nitrogens with zero attached hydrogens (tertiary/aromatic N) is 6. The summed E-state index contributed by atoms with van der Waals surface area (Å²) in [6, 6.07) is 4.45. The van der Waals surface area contributed by atoms with Crippen LogP contribution < -0.4 is 15.8 Å². The number of halogens is 5. The van der Waals surface area contributed by atoms with Gasteiger partial charge in [0.25, 0.3) is 17.7 Å². The van der Waals surface area contributed by atoms with Gasteiger partial charge in [0.2, 0.25) is 5.88 Å². The van der Waals surface area contributed by atoms with Gasteiger partial charge in [-0.05, 0) is 29.8 Å². The van der Waals surface area contributed by atoms with Crippen molar-refractivity contribution in [3.05, 3.63) is 71.2 Å². The van der Waals surface area contributed by atoms with Crippen molar-refractivity contribution in [2.24, 2.45) is 0 Å². The second-order valence-electron chi connectivity index (χ2n) is 11.3. The Hall–Kier alpha value is -4.86. The van der Waals surface area contributed by atoms with Crippen molar-refractivity contribution in [3.63, 3.8) is 0 Å². The number of aromatic nitrogens is 4. The van der Waals surface area contributed by atoms with Gasteiger partial charge in [-0.3, -0.25) is 14.5 Å². The molecule has 242 valence electrons. The molecule has 0 saturated carbocycles. The third-order valence-corrected chi connectivity index (χ3v) is 8.19. The van der Waals surface area contributed by atoms with E-state index in [1.54, 1.807) is 6.07 Å². The van der Waals surface area contributed by atoms with Gasteiger partial charge in [0.15, 0.2) is 5.82 Å². The fourth-order valence-electron chi connectivity index (χ4n) is 5.84. The normalized spacial score (nSPS) is 19.8. The van der Waals surface area contributed by atoms with Crippen LogP contribution in [-0.2, 0) is 6.54 Å². The summed E-state index contributed by atoms with van der Waals surface area (Å²) in [6.07, 6.45) is 0.532. The molecule has 0 spiro atoms. The molecule has 11 nitrogen and oxygen atoms in total. The molecule has 3 N–H and O–H groups in total. The van der Waals surface area contributed by atoms with Crippen LogP contribution in [0.15, 0.2) is 42.9 Å². The number of hydrogen-bond donors (Lipinski definition) is 2. The van der Waals surface area contributed by atoms with Gasteiger partial charge in [0.05, 0.1) is 25.4 Å². The molecule has 16 heteroatoms. The van der Waals surface area contributed by atoms with E-state index >= 15 is 4.39 Å². The molecule has 46 heavy (non-hydrogen) atoms. The van der Waals surface area contributed by atoms with E-state index in [2.05, 4.69) is 20.4 Å². The van der Waals surface area contributed by atoms with E-state index in [0.717, 1.165) is 17.0 Å². The maximum atomic E-state index is 15.0. The van der Waals surface area contributed by atoms with Crippen molar-refractivity contribution >= 4 is 23.1 Å². The summed E-state index contributed by atoms with van der Waals surface area (Å²) in [6.45, 7) is 0.0585. The Kier molecular flexibility index (Phi) is 8.22. The molecule has 6 rings (SSSR count). The zero-order chi connectivity index (χ0) is 32.7. The molecule has 0 radical (unpaired) electrons. The van der Waals surface area contributed by atoms with Gasteiger partial charge < -0.3 is 20.7 Å². The molecule has 2 fully saturated rings. The van der Waals surface area contributed by atoms with Crippen LogP contribution in [0.3, 0.4) is 0 Å². The number of alkyl halides is 3. The first-order valence-electron chi connectivity index (χ1n) is 14.4. The van der Waals surface area contributed by atoms with E-state index in [-0.39, 0.29) is 55.3 Å². The predicted molar refractivity (Wildman–Crippen MR) is 155 cm³/mol. The van der Waals surface area contributed by atoms with Crippen molar-refractivity contribution in [3.8, 4) is 17.1 Å². The number of carbonyl (C=O) groups is 2. The number of carbonyl (C=O) groups excluding carboxylic acids is 2. The Bertz CT molecular complexity index is 1790. The molecule has 2 atom stereocenters. The minimum absolute atomic E-state index is 0.0408. The molecular weight excluding hydrogens is 615 g/mol. The fourth-order valence-corrected chi connectivity index (χ4v) is 5.84. The van der Waals surface area contributed by atoms with Crippen molar-refractivity contribution < 1.29 is 36.3 Å². The molecule has 1 aromatic carbocycles. The Labute approximate surface area is 259 Å². The third kappa shape index (κ3) is 6.16. The standard InChI is InChI=1S/C30H29F5N8O3/c1-46-28-21(27(44)40-23-14-42(13-22(23)33)29(45)16-6-19(31)10-20(32)7-16)8-17(11-37-28)24-9-18(25-26(36)38-15-39-43(24)25)12-41-4-2-30(34,35)3-5-41/h6-11,15,22-23H,2-5,12-14H2,1H3,(H,40,44)(H2,36,38,39)/t22-,23+/m0/s1. The van der Waals surface area contributed by atoms with Crippen molar-refractivity contribution in [2.75, 3.05) is 39.0 Å². The highest BCUT2D eigenvalue weighted by Gasteiger charge is 2.38. The van der Waals surface area contributed by atoms with Crippen molar-refractivity contribution in [1.29, 1.82) is 0 Å². The number of nitrogens with one attached hydrogen (secondary N) is 1. The molecule has 0 bridgehead atoms. The fraction of sp³-hybridized carbons (Fsp3) is 0.367. The summed E-state index contributed by atoms with van der Waals surface area (Å²) in [4.78, 5) is 37.6. The average Bonchev–Trinajstić information content (AvgIpc) is 3.57. The van der Waals surface area contributed by atoms with Crippen LogP contribution in [0.25, 0.3) is 16.8 Å². The second kappa shape index (κ2) is 12.2. The Morgan fingerprint density at radius 2 is 1.78 bits per heavy atom. The zero-order valence-corrected chi connectivity index (χ0v) is 24.5. The Morgan fingerprint density at radius 1 is 1.07 bits per heavy atom. The first-order chi connectivity index (χ1) is 21.9. The van der Waals surface area contributed by atoms with Crippen LogP contribution in [0, 0.1) is 11.6 Å². The van der Waals surface area contributed by atoms with E-state index in [1.807, 2.05) is 4.90 Å². The minimum atomic E-state index is -2.70. The molecule has 5 heterocycles. The summed E-state index contributed by atoms with van der Waals surface area (Å²) >= 11 is 0. The summed E-state index contributed by atoms with van der Waals surface area (Å²) in [7, 11) is 1.31. The Balaban J connectivity index is 1.25. The summed E-state index contributed by atoms with van der Waals surface area (Å²) < 4.78 is 76.7. The number of methoxy groups -OCH3 is 1. The highest BCUT2D eigenvalue weighted by atomic mass is 19.3. The molecule has 2 aliphatic heterocycles. The van der Waals surface area contributed by atoms with Gasteiger partial charge in [-0.15, -0.1) is 0 Å². The molecule has 2 amide bonds. The summed E-state index contributed by atoms with van der Waals surface area (Å²) in [5.41, 5.74) is 7.94. The number of amides is 2. The molecule has 3 aromatic heterocycles. The van der Waals surface area contributed by atoms with Crippen LogP contribution >= 0.6 is 0 Å². The van der Waals surface area contributed by atoms with Crippen LogP contribution in [-0.4, -0.2) is 92.6 Å². The number of ether oxygens (including phenoxy) is 1. The van der Waals surface area contributed by atoms with E-state index in [0.29, 0.717) is 34.9 Å². The molecule has 2 aliphatic rings. The molecule has 4 aromatic rings. The average molecular weight is 645 g/mol.